The smallest absolute Gasteiger partial charge is 0.115 e. The summed E-state index contributed by atoms with van der Waals surface area (Å²) in [7, 11) is 0. The molecule has 0 fully saturated rings. The minimum absolute atomic E-state index is 0.120. The van der Waals surface area contributed by atoms with Crippen LogP contribution in [-0.4, -0.2) is 5.11 Å². The zero-order valence-electron chi connectivity index (χ0n) is 17.7. The van der Waals surface area contributed by atoms with Crippen molar-refractivity contribution in [2.24, 2.45) is 0 Å². The number of rotatable bonds is 6. The van der Waals surface area contributed by atoms with Gasteiger partial charge in [0.25, 0.3) is 0 Å². The van der Waals surface area contributed by atoms with Crippen molar-refractivity contribution in [3.63, 3.8) is 0 Å². The summed E-state index contributed by atoms with van der Waals surface area (Å²) in [5, 5.41) is 9.60. The number of phenols is 1. The topological polar surface area (TPSA) is 20.2 Å². The highest BCUT2D eigenvalue weighted by Crippen LogP contribution is 2.34. The summed E-state index contributed by atoms with van der Waals surface area (Å²) in [6.45, 7) is 4.46. The van der Waals surface area contributed by atoms with E-state index in [-0.39, 0.29) is 5.41 Å². The molecule has 1 heteroatoms. The summed E-state index contributed by atoms with van der Waals surface area (Å²) in [5.41, 5.74) is 6.40. The van der Waals surface area contributed by atoms with Crippen molar-refractivity contribution < 1.29 is 5.11 Å². The lowest BCUT2D eigenvalue weighted by molar-refractivity contribution is 0.474. The zero-order chi connectivity index (χ0) is 21.0. The Morgan fingerprint density at radius 1 is 0.900 bits per heavy atom. The second-order valence-corrected chi connectivity index (χ2v) is 8.49. The lowest BCUT2D eigenvalue weighted by atomic mass is 9.77. The molecule has 4 rings (SSSR count). The average Bonchev–Trinajstić information content (AvgIpc) is 2.79. The molecule has 0 spiro atoms. The zero-order valence-corrected chi connectivity index (χ0v) is 17.7. The van der Waals surface area contributed by atoms with Crippen LogP contribution in [-0.2, 0) is 11.8 Å². The fourth-order valence-electron chi connectivity index (χ4n) is 4.19. The van der Waals surface area contributed by atoms with E-state index in [0.29, 0.717) is 11.7 Å². The van der Waals surface area contributed by atoms with Crippen LogP contribution < -0.4 is 0 Å². The average molecular weight is 393 g/mol. The fraction of sp³-hybridized carbons (Fsp3) is 0.207. The van der Waals surface area contributed by atoms with Crippen molar-refractivity contribution in [3.05, 3.63) is 131 Å². The highest BCUT2D eigenvalue weighted by atomic mass is 16.3. The molecule has 0 saturated carbocycles. The van der Waals surface area contributed by atoms with E-state index in [4.69, 9.17) is 0 Å². The van der Waals surface area contributed by atoms with Gasteiger partial charge in [0.15, 0.2) is 0 Å². The molecule has 0 aromatic heterocycles. The van der Waals surface area contributed by atoms with Gasteiger partial charge in [-0.2, -0.15) is 0 Å². The maximum absolute atomic E-state index is 9.60. The molecule has 1 N–H and O–H groups in total. The first-order valence-electron chi connectivity index (χ1n) is 10.6. The summed E-state index contributed by atoms with van der Waals surface area (Å²) in [6, 6.07) is 28.1. The Bertz CT molecular complexity index is 1020. The van der Waals surface area contributed by atoms with E-state index in [0.717, 1.165) is 12.8 Å². The van der Waals surface area contributed by atoms with Crippen LogP contribution in [0.3, 0.4) is 0 Å². The van der Waals surface area contributed by atoms with Crippen molar-refractivity contribution in [3.8, 4) is 5.75 Å². The minimum Gasteiger partial charge on any atom is -0.508 e. The minimum atomic E-state index is -0.120. The Kier molecular flexibility index (Phi) is 5.90. The molecule has 1 nitrogen and oxygen atoms in total. The first kappa shape index (κ1) is 20.2. The van der Waals surface area contributed by atoms with Crippen LogP contribution in [0.2, 0.25) is 0 Å². The van der Waals surface area contributed by atoms with E-state index in [1.54, 1.807) is 12.1 Å². The Morgan fingerprint density at radius 2 is 1.53 bits per heavy atom. The lowest BCUT2D eigenvalue weighted by Gasteiger charge is -2.27. The normalized spacial score (nSPS) is 14.9. The van der Waals surface area contributed by atoms with Crippen LogP contribution >= 0.6 is 0 Å². The second-order valence-electron chi connectivity index (χ2n) is 8.49. The van der Waals surface area contributed by atoms with Gasteiger partial charge in [-0.25, -0.2) is 0 Å². The Balaban J connectivity index is 1.59. The van der Waals surface area contributed by atoms with Gasteiger partial charge < -0.3 is 5.11 Å². The summed E-state index contributed by atoms with van der Waals surface area (Å²) >= 11 is 0. The molecule has 3 aromatic carbocycles. The van der Waals surface area contributed by atoms with Gasteiger partial charge in [-0.15, -0.1) is 0 Å². The van der Waals surface area contributed by atoms with Gasteiger partial charge in [-0.1, -0.05) is 92.7 Å². The quantitative estimate of drug-likeness (QED) is 0.482. The highest BCUT2D eigenvalue weighted by Gasteiger charge is 2.23. The molecular weight excluding hydrogens is 364 g/mol. The molecule has 0 saturated heterocycles. The second kappa shape index (κ2) is 8.75. The lowest BCUT2D eigenvalue weighted by Crippen LogP contribution is -2.18. The number of aromatic hydroxyl groups is 1. The monoisotopic (exact) mass is 392 g/mol. The third kappa shape index (κ3) is 4.41. The van der Waals surface area contributed by atoms with Gasteiger partial charge >= 0.3 is 0 Å². The van der Waals surface area contributed by atoms with E-state index in [9.17, 15) is 5.11 Å². The van der Waals surface area contributed by atoms with E-state index in [1.165, 1.54) is 27.8 Å². The molecule has 0 amide bonds. The molecular formula is C29H28O. The Labute approximate surface area is 180 Å². The van der Waals surface area contributed by atoms with E-state index < -0.39 is 0 Å². The predicted molar refractivity (Wildman–Crippen MR) is 125 cm³/mol. The standard InChI is InChI=1S/C29H28O/c1-29(2,26-17-19-27(30)20-18-26)25-15-13-22(14-16-25)21-28(23-9-5-3-6-10-23)24-11-7-4-8-12-24/h3,5,7-20,28,30H,6,21H2,1-2H3. The van der Waals surface area contributed by atoms with E-state index in [1.807, 2.05) is 24.3 Å². The van der Waals surface area contributed by atoms with Crippen molar-refractivity contribution in [1.82, 2.24) is 0 Å². The van der Waals surface area contributed by atoms with Gasteiger partial charge in [0.1, 0.15) is 5.75 Å². The van der Waals surface area contributed by atoms with E-state index >= 15 is 0 Å². The van der Waals surface area contributed by atoms with Crippen molar-refractivity contribution in [2.45, 2.75) is 38.0 Å². The number of phenolic OH excluding ortho intramolecular Hbond substituents is 1. The van der Waals surface area contributed by atoms with Crippen molar-refractivity contribution >= 4 is 0 Å². The van der Waals surface area contributed by atoms with Crippen LogP contribution in [0.5, 0.6) is 5.75 Å². The SMILES string of the molecule is CC(C)(c1ccc(O)cc1)c1ccc(CC(C2=CC[CH]C=C2)c2cc[c]cc2)cc1. The Morgan fingerprint density at radius 3 is 2.13 bits per heavy atom. The third-order valence-corrected chi connectivity index (χ3v) is 6.17. The molecule has 1 atom stereocenters. The fourth-order valence-corrected chi connectivity index (χ4v) is 4.19. The van der Waals surface area contributed by atoms with Gasteiger partial charge in [0.05, 0.1) is 0 Å². The number of hydrogen-bond acceptors (Lipinski definition) is 1. The first-order valence-corrected chi connectivity index (χ1v) is 10.6. The number of benzene rings is 3. The first-order chi connectivity index (χ1) is 14.5. The molecule has 1 aliphatic carbocycles. The molecule has 3 aromatic rings. The van der Waals surface area contributed by atoms with Gasteiger partial charge in [0.2, 0.25) is 0 Å². The summed E-state index contributed by atoms with van der Waals surface area (Å²) in [4.78, 5) is 0. The van der Waals surface area contributed by atoms with Gasteiger partial charge in [0, 0.05) is 11.3 Å². The van der Waals surface area contributed by atoms with Gasteiger partial charge in [-0.05, 0) is 65.3 Å². The molecule has 0 bridgehead atoms. The maximum Gasteiger partial charge on any atom is 0.115 e. The van der Waals surface area contributed by atoms with Crippen molar-refractivity contribution in [2.75, 3.05) is 0 Å². The molecule has 150 valence electrons. The molecule has 30 heavy (non-hydrogen) atoms. The summed E-state index contributed by atoms with van der Waals surface area (Å²) in [5.74, 6) is 0.652. The van der Waals surface area contributed by atoms with Crippen LogP contribution in [0.15, 0.2) is 96.6 Å². The largest absolute Gasteiger partial charge is 0.508 e. The summed E-state index contributed by atoms with van der Waals surface area (Å²) in [6.07, 6.45) is 10.9. The van der Waals surface area contributed by atoms with Crippen LogP contribution in [0.1, 0.15) is 48.4 Å². The highest BCUT2D eigenvalue weighted by molar-refractivity contribution is 5.43. The van der Waals surface area contributed by atoms with E-state index in [2.05, 4.69) is 81.0 Å². The van der Waals surface area contributed by atoms with Crippen LogP contribution in [0, 0.1) is 12.5 Å². The maximum atomic E-state index is 9.60. The summed E-state index contributed by atoms with van der Waals surface area (Å²) < 4.78 is 0. The molecule has 1 aliphatic rings. The number of hydrogen-bond donors (Lipinski definition) is 1. The predicted octanol–water partition coefficient (Wildman–Crippen LogP) is 6.94. The molecule has 0 heterocycles. The van der Waals surface area contributed by atoms with Crippen molar-refractivity contribution in [1.29, 1.82) is 0 Å². The Hall–Kier alpha value is -3.06. The third-order valence-electron chi connectivity index (χ3n) is 6.17. The van der Waals surface area contributed by atoms with Gasteiger partial charge in [-0.3, -0.25) is 0 Å². The molecule has 2 radical (unpaired) electrons. The molecule has 1 unspecified atom stereocenters. The van der Waals surface area contributed by atoms with Crippen LogP contribution in [0.25, 0.3) is 0 Å². The van der Waals surface area contributed by atoms with Crippen LogP contribution in [0.4, 0.5) is 0 Å². The molecule has 0 aliphatic heterocycles. The number of allylic oxidation sites excluding steroid dienone is 4.